The van der Waals surface area contributed by atoms with Crippen molar-refractivity contribution in [3.05, 3.63) is 41.5 Å². The van der Waals surface area contributed by atoms with Crippen molar-refractivity contribution in [3.63, 3.8) is 0 Å². The van der Waals surface area contributed by atoms with Crippen molar-refractivity contribution >= 4 is 11.9 Å². The molecule has 2 aromatic rings. The van der Waals surface area contributed by atoms with E-state index in [0.29, 0.717) is 0 Å². The van der Waals surface area contributed by atoms with Crippen LogP contribution >= 0.6 is 0 Å². The minimum absolute atomic E-state index is 0.122. The molecule has 0 unspecified atom stereocenters. The maximum absolute atomic E-state index is 13.3. The first-order valence-corrected chi connectivity index (χ1v) is 5.39. The van der Waals surface area contributed by atoms with E-state index in [9.17, 15) is 22.4 Å². The quantitative estimate of drug-likeness (QED) is 0.850. The Labute approximate surface area is 110 Å². The van der Waals surface area contributed by atoms with Crippen LogP contribution in [0.25, 0.3) is 0 Å². The third-order valence-corrected chi connectivity index (χ3v) is 2.31. The van der Waals surface area contributed by atoms with Crippen molar-refractivity contribution < 1.29 is 22.4 Å². The number of aromatic nitrogens is 3. The Morgan fingerprint density at radius 1 is 1.30 bits per heavy atom. The van der Waals surface area contributed by atoms with Gasteiger partial charge in [0.05, 0.1) is 6.42 Å². The van der Waals surface area contributed by atoms with Crippen molar-refractivity contribution in [2.45, 2.75) is 12.6 Å². The number of alkyl halides is 3. The summed E-state index contributed by atoms with van der Waals surface area (Å²) in [5, 5.41) is 6.91. The van der Waals surface area contributed by atoms with E-state index in [1.165, 1.54) is 18.2 Å². The number of carbonyl (C=O) groups is 1. The van der Waals surface area contributed by atoms with Gasteiger partial charge in [-0.05, 0) is 11.6 Å². The third-order valence-electron chi connectivity index (χ3n) is 2.31. The second-order valence-electron chi connectivity index (χ2n) is 3.82. The SMILES string of the molecule is O=C(Cc1ccccc1F)Nc1n[nH]c(C(F)(F)F)n1. The van der Waals surface area contributed by atoms with Gasteiger partial charge < -0.3 is 0 Å². The number of anilines is 1. The average molecular weight is 288 g/mol. The van der Waals surface area contributed by atoms with Crippen LogP contribution in [0.15, 0.2) is 24.3 Å². The first-order chi connectivity index (χ1) is 9.36. The molecule has 2 rings (SSSR count). The first kappa shape index (κ1) is 14.0. The standard InChI is InChI=1S/C11H8F4N4O/c12-7-4-2-1-3-6(7)5-8(20)16-10-17-9(18-19-10)11(13,14)15/h1-4H,5H2,(H2,16,17,18,19,20). The van der Waals surface area contributed by atoms with Crippen LogP contribution in [0.4, 0.5) is 23.5 Å². The lowest BCUT2D eigenvalue weighted by atomic mass is 10.1. The molecule has 106 valence electrons. The van der Waals surface area contributed by atoms with E-state index < -0.39 is 29.7 Å². The lowest BCUT2D eigenvalue weighted by Gasteiger charge is -2.02. The number of nitrogens with zero attached hydrogens (tertiary/aromatic N) is 2. The maximum Gasteiger partial charge on any atom is 0.451 e. The fourth-order valence-electron chi connectivity index (χ4n) is 1.43. The Kier molecular flexibility index (Phi) is 3.68. The molecular formula is C11H8F4N4O. The summed E-state index contributed by atoms with van der Waals surface area (Å²) in [6.45, 7) is 0. The Morgan fingerprint density at radius 2 is 2.00 bits per heavy atom. The molecule has 0 aliphatic rings. The van der Waals surface area contributed by atoms with E-state index in [1.807, 2.05) is 0 Å². The monoisotopic (exact) mass is 288 g/mol. The predicted octanol–water partition coefficient (Wildman–Crippen LogP) is 2.14. The van der Waals surface area contributed by atoms with Crippen LogP contribution in [-0.2, 0) is 17.4 Å². The van der Waals surface area contributed by atoms with E-state index in [0.717, 1.165) is 0 Å². The first-order valence-electron chi connectivity index (χ1n) is 5.39. The summed E-state index contributed by atoms with van der Waals surface area (Å²) < 4.78 is 50.0. The maximum atomic E-state index is 13.3. The summed E-state index contributed by atoms with van der Waals surface area (Å²) >= 11 is 0. The van der Waals surface area contributed by atoms with E-state index in [4.69, 9.17) is 0 Å². The Hall–Kier alpha value is -2.45. The van der Waals surface area contributed by atoms with E-state index in [-0.39, 0.29) is 12.0 Å². The molecule has 1 amide bonds. The molecule has 1 aromatic heterocycles. The van der Waals surface area contributed by atoms with Crippen molar-refractivity contribution in [3.8, 4) is 0 Å². The van der Waals surface area contributed by atoms with Crippen LogP contribution in [0.1, 0.15) is 11.4 Å². The highest BCUT2D eigenvalue weighted by atomic mass is 19.4. The number of amides is 1. The van der Waals surface area contributed by atoms with Gasteiger partial charge in [0.1, 0.15) is 5.82 Å². The van der Waals surface area contributed by atoms with Gasteiger partial charge in [0.25, 0.3) is 0 Å². The molecule has 0 radical (unpaired) electrons. The second-order valence-corrected chi connectivity index (χ2v) is 3.82. The van der Waals surface area contributed by atoms with E-state index in [1.54, 1.807) is 11.2 Å². The van der Waals surface area contributed by atoms with Gasteiger partial charge in [0.15, 0.2) is 0 Å². The number of nitrogens with one attached hydrogen (secondary N) is 2. The summed E-state index contributed by atoms with van der Waals surface area (Å²) in [6, 6.07) is 5.58. The number of hydrogen-bond acceptors (Lipinski definition) is 3. The van der Waals surface area contributed by atoms with E-state index in [2.05, 4.69) is 15.4 Å². The summed E-state index contributed by atoms with van der Waals surface area (Å²) in [6.07, 6.45) is -5.01. The number of aromatic amines is 1. The van der Waals surface area contributed by atoms with Crippen LogP contribution < -0.4 is 5.32 Å². The summed E-state index contributed by atoms with van der Waals surface area (Å²) in [4.78, 5) is 14.6. The number of carbonyl (C=O) groups excluding carboxylic acids is 1. The second kappa shape index (κ2) is 5.27. The molecule has 1 aromatic carbocycles. The topological polar surface area (TPSA) is 70.7 Å². The molecule has 5 nitrogen and oxygen atoms in total. The van der Waals surface area contributed by atoms with Crippen molar-refractivity contribution in [1.82, 2.24) is 15.2 Å². The molecule has 2 N–H and O–H groups in total. The van der Waals surface area contributed by atoms with Crippen molar-refractivity contribution in [2.75, 3.05) is 5.32 Å². The fraction of sp³-hybridized carbons (Fsp3) is 0.182. The van der Waals surface area contributed by atoms with Gasteiger partial charge in [-0.25, -0.2) is 4.39 Å². The van der Waals surface area contributed by atoms with Crippen LogP contribution in [0.5, 0.6) is 0 Å². The zero-order chi connectivity index (χ0) is 14.8. The summed E-state index contributed by atoms with van der Waals surface area (Å²) in [7, 11) is 0. The summed E-state index contributed by atoms with van der Waals surface area (Å²) in [5.41, 5.74) is 0.122. The lowest BCUT2D eigenvalue weighted by Crippen LogP contribution is -2.16. The number of hydrogen-bond donors (Lipinski definition) is 2. The van der Waals surface area contributed by atoms with Gasteiger partial charge in [-0.2, -0.15) is 18.2 Å². The third kappa shape index (κ3) is 3.31. The molecular weight excluding hydrogens is 280 g/mol. The number of benzene rings is 1. The summed E-state index contributed by atoms with van der Waals surface area (Å²) in [5.74, 6) is -3.13. The highest BCUT2D eigenvalue weighted by molar-refractivity contribution is 5.90. The molecule has 0 atom stereocenters. The number of rotatable bonds is 3. The van der Waals surface area contributed by atoms with Crippen LogP contribution in [0.2, 0.25) is 0 Å². The van der Waals surface area contributed by atoms with Gasteiger partial charge in [-0.1, -0.05) is 18.2 Å². The van der Waals surface area contributed by atoms with Gasteiger partial charge >= 0.3 is 6.18 Å². The number of H-pyrrole nitrogens is 1. The fourth-order valence-corrected chi connectivity index (χ4v) is 1.43. The van der Waals surface area contributed by atoms with Gasteiger partial charge in [-0.3, -0.25) is 15.2 Å². The van der Waals surface area contributed by atoms with Crippen molar-refractivity contribution in [1.29, 1.82) is 0 Å². The van der Waals surface area contributed by atoms with Crippen LogP contribution in [-0.4, -0.2) is 21.1 Å². The zero-order valence-corrected chi connectivity index (χ0v) is 9.83. The van der Waals surface area contributed by atoms with Crippen molar-refractivity contribution in [2.24, 2.45) is 0 Å². The van der Waals surface area contributed by atoms with Crippen LogP contribution in [0, 0.1) is 5.82 Å². The minimum Gasteiger partial charge on any atom is -0.293 e. The minimum atomic E-state index is -4.68. The molecule has 0 bridgehead atoms. The highest BCUT2D eigenvalue weighted by Crippen LogP contribution is 2.26. The van der Waals surface area contributed by atoms with E-state index >= 15 is 0 Å². The van der Waals surface area contributed by atoms with Gasteiger partial charge in [0.2, 0.25) is 17.7 Å². The average Bonchev–Trinajstić information content (AvgIpc) is 2.80. The molecule has 0 spiro atoms. The molecule has 0 saturated heterocycles. The Bertz CT molecular complexity index is 623. The van der Waals surface area contributed by atoms with Gasteiger partial charge in [-0.15, -0.1) is 5.10 Å². The molecule has 20 heavy (non-hydrogen) atoms. The number of halogens is 4. The predicted molar refractivity (Wildman–Crippen MR) is 60.1 cm³/mol. The zero-order valence-electron chi connectivity index (χ0n) is 9.83. The molecule has 9 heteroatoms. The molecule has 0 fully saturated rings. The Balaban J connectivity index is 2.02. The molecule has 1 heterocycles. The largest absolute Gasteiger partial charge is 0.451 e. The lowest BCUT2D eigenvalue weighted by molar-refractivity contribution is -0.144. The smallest absolute Gasteiger partial charge is 0.293 e. The highest BCUT2D eigenvalue weighted by Gasteiger charge is 2.35. The molecule has 0 aliphatic heterocycles. The van der Waals surface area contributed by atoms with Gasteiger partial charge in [0, 0.05) is 0 Å². The molecule has 0 saturated carbocycles. The molecule has 0 aliphatic carbocycles. The normalized spacial score (nSPS) is 11.4. The van der Waals surface area contributed by atoms with Crippen LogP contribution in [0.3, 0.4) is 0 Å². The Morgan fingerprint density at radius 3 is 2.60 bits per heavy atom.